The smallest absolute Gasteiger partial charge is 0.280 e. The van der Waals surface area contributed by atoms with Crippen molar-refractivity contribution in [1.29, 1.82) is 0 Å². The van der Waals surface area contributed by atoms with E-state index in [9.17, 15) is 4.79 Å². The monoisotopic (exact) mass is 378 g/mol. The Labute approximate surface area is 166 Å². The first-order valence-electron chi connectivity index (χ1n) is 9.70. The van der Waals surface area contributed by atoms with Crippen molar-refractivity contribution >= 4 is 23.4 Å². The number of carbonyl (C=O) groups excluding carboxylic acids is 1. The van der Waals surface area contributed by atoms with Crippen LogP contribution >= 0.6 is 0 Å². The molecule has 1 heterocycles. The molecule has 0 radical (unpaired) electrons. The van der Waals surface area contributed by atoms with E-state index in [4.69, 9.17) is 9.47 Å². The predicted octanol–water partition coefficient (Wildman–Crippen LogP) is 5.07. The molecule has 1 aliphatic heterocycles. The van der Waals surface area contributed by atoms with Gasteiger partial charge in [0.1, 0.15) is 0 Å². The summed E-state index contributed by atoms with van der Waals surface area (Å²) >= 11 is 0. The minimum atomic E-state index is -0.134. The lowest BCUT2D eigenvalue weighted by molar-refractivity contribution is -0.114. The van der Waals surface area contributed by atoms with Crippen molar-refractivity contribution in [3.63, 3.8) is 0 Å². The number of para-hydroxylation sites is 1. The van der Waals surface area contributed by atoms with Crippen LogP contribution in [0.4, 0.5) is 5.69 Å². The maximum Gasteiger partial charge on any atom is 0.280 e. The Morgan fingerprint density at radius 1 is 1.04 bits per heavy atom. The summed E-state index contributed by atoms with van der Waals surface area (Å²) < 4.78 is 11.6. The first kappa shape index (κ1) is 19.7. The van der Waals surface area contributed by atoms with Gasteiger partial charge in [-0.2, -0.15) is 10.1 Å². The molecule has 0 spiro atoms. The average Bonchev–Trinajstić information content (AvgIpc) is 2.99. The number of rotatable bonds is 8. The first-order chi connectivity index (χ1) is 13.6. The summed E-state index contributed by atoms with van der Waals surface area (Å²) in [6.07, 6.45) is 3.92. The van der Waals surface area contributed by atoms with Gasteiger partial charge in [0.15, 0.2) is 11.5 Å². The second kappa shape index (κ2) is 9.22. The molecule has 3 rings (SSSR count). The van der Waals surface area contributed by atoms with Crippen LogP contribution in [0.3, 0.4) is 0 Å². The summed E-state index contributed by atoms with van der Waals surface area (Å²) in [6, 6.07) is 15.2. The molecule has 28 heavy (non-hydrogen) atoms. The number of benzene rings is 2. The summed E-state index contributed by atoms with van der Waals surface area (Å²) in [5, 5.41) is 5.86. The minimum Gasteiger partial charge on any atom is -0.490 e. The molecule has 0 N–H and O–H groups in total. The molecule has 2 aromatic rings. The summed E-state index contributed by atoms with van der Waals surface area (Å²) in [4.78, 5) is 12.9. The first-order valence-corrected chi connectivity index (χ1v) is 9.70. The number of hydrazone groups is 1. The molecular weight excluding hydrogens is 352 g/mol. The number of hydrogen-bond acceptors (Lipinski definition) is 4. The molecule has 0 aliphatic carbocycles. The van der Waals surface area contributed by atoms with Gasteiger partial charge in [-0.05, 0) is 56.2 Å². The van der Waals surface area contributed by atoms with Crippen molar-refractivity contribution in [3.8, 4) is 11.5 Å². The Balaban J connectivity index is 1.85. The van der Waals surface area contributed by atoms with Gasteiger partial charge in [-0.25, -0.2) is 0 Å². The molecule has 0 bridgehead atoms. The van der Waals surface area contributed by atoms with E-state index in [0.717, 1.165) is 29.8 Å². The molecule has 0 fully saturated rings. The summed E-state index contributed by atoms with van der Waals surface area (Å²) in [7, 11) is 0. The summed E-state index contributed by atoms with van der Waals surface area (Å²) in [5.41, 5.74) is 2.89. The third-order valence-electron chi connectivity index (χ3n) is 4.40. The SMILES string of the molecule is CCCCOc1ccc(/C=C2\C(=O)N(c3ccccc3)N=C2C)cc1OCC. The Kier molecular flexibility index (Phi) is 6.48. The van der Waals surface area contributed by atoms with Gasteiger partial charge < -0.3 is 9.47 Å². The van der Waals surface area contributed by atoms with Gasteiger partial charge in [-0.3, -0.25) is 4.79 Å². The minimum absolute atomic E-state index is 0.134. The largest absolute Gasteiger partial charge is 0.490 e. The van der Waals surface area contributed by atoms with Crippen molar-refractivity contribution in [3.05, 3.63) is 59.7 Å². The van der Waals surface area contributed by atoms with Crippen LogP contribution in [0.15, 0.2) is 59.2 Å². The molecule has 146 valence electrons. The Morgan fingerprint density at radius 3 is 2.54 bits per heavy atom. The fourth-order valence-corrected chi connectivity index (χ4v) is 2.92. The van der Waals surface area contributed by atoms with Gasteiger partial charge >= 0.3 is 0 Å². The van der Waals surface area contributed by atoms with Gasteiger partial charge in [0.25, 0.3) is 5.91 Å². The molecule has 0 saturated carbocycles. The zero-order chi connectivity index (χ0) is 19.9. The lowest BCUT2D eigenvalue weighted by atomic mass is 10.1. The predicted molar refractivity (Wildman–Crippen MR) is 113 cm³/mol. The Bertz CT molecular complexity index is 888. The number of amides is 1. The third-order valence-corrected chi connectivity index (χ3v) is 4.40. The van der Waals surface area contributed by atoms with E-state index in [-0.39, 0.29) is 5.91 Å². The highest BCUT2D eigenvalue weighted by Crippen LogP contribution is 2.31. The second-order valence-corrected chi connectivity index (χ2v) is 6.54. The molecule has 1 amide bonds. The van der Waals surface area contributed by atoms with Gasteiger partial charge in [-0.1, -0.05) is 37.6 Å². The maximum absolute atomic E-state index is 12.9. The highest BCUT2D eigenvalue weighted by atomic mass is 16.5. The van der Waals surface area contributed by atoms with Crippen molar-refractivity contribution < 1.29 is 14.3 Å². The van der Waals surface area contributed by atoms with Crippen LogP contribution in [0.5, 0.6) is 11.5 Å². The molecule has 0 aromatic heterocycles. The number of anilines is 1. The summed E-state index contributed by atoms with van der Waals surface area (Å²) in [6.45, 7) is 7.12. The van der Waals surface area contributed by atoms with Crippen LogP contribution in [0.25, 0.3) is 6.08 Å². The van der Waals surface area contributed by atoms with Crippen LogP contribution in [-0.4, -0.2) is 24.8 Å². The fraction of sp³-hybridized carbons (Fsp3) is 0.304. The number of carbonyl (C=O) groups is 1. The van der Waals surface area contributed by atoms with E-state index in [1.807, 2.05) is 68.5 Å². The van der Waals surface area contributed by atoms with Crippen LogP contribution in [0.1, 0.15) is 39.2 Å². The van der Waals surface area contributed by atoms with Crippen molar-refractivity contribution in [2.45, 2.75) is 33.6 Å². The van der Waals surface area contributed by atoms with Crippen molar-refractivity contribution in [2.24, 2.45) is 5.10 Å². The molecule has 0 saturated heterocycles. The van der Waals surface area contributed by atoms with E-state index < -0.39 is 0 Å². The quantitative estimate of drug-likeness (QED) is 0.476. The van der Waals surface area contributed by atoms with Crippen molar-refractivity contribution in [2.75, 3.05) is 18.2 Å². The number of hydrogen-bond donors (Lipinski definition) is 0. The van der Waals surface area contributed by atoms with Crippen LogP contribution in [0.2, 0.25) is 0 Å². The van der Waals surface area contributed by atoms with Crippen LogP contribution < -0.4 is 14.5 Å². The van der Waals surface area contributed by atoms with Crippen molar-refractivity contribution in [1.82, 2.24) is 0 Å². The molecule has 0 unspecified atom stereocenters. The van der Waals surface area contributed by atoms with E-state index >= 15 is 0 Å². The summed E-state index contributed by atoms with van der Waals surface area (Å²) in [5.74, 6) is 1.28. The van der Waals surface area contributed by atoms with E-state index in [1.54, 1.807) is 0 Å². The Morgan fingerprint density at radius 2 is 1.82 bits per heavy atom. The normalized spacial score (nSPS) is 15.1. The molecule has 1 aliphatic rings. The second-order valence-electron chi connectivity index (χ2n) is 6.54. The highest BCUT2D eigenvalue weighted by molar-refractivity contribution is 6.32. The lowest BCUT2D eigenvalue weighted by Crippen LogP contribution is -2.21. The number of ether oxygens (including phenoxy) is 2. The van der Waals surface area contributed by atoms with E-state index in [2.05, 4.69) is 12.0 Å². The zero-order valence-electron chi connectivity index (χ0n) is 16.6. The molecule has 2 aromatic carbocycles. The number of unbranched alkanes of at least 4 members (excludes halogenated alkanes) is 1. The van der Waals surface area contributed by atoms with Gasteiger partial charge in [-0.15, -0.1) is 0 Å². The van der Waals surface area contributed by atoms with Crippen LogP contribution in [0, 0.1) is 0 Å². The fourth-order valence-electron chi connectivity index (χ4n) is 2.92. The molecular formula is C23H26N2O3. The zero-order valence-corrected chi connectivity index (χ0v) is 16.6. The molecule has 5 heteroatoms. The van der Waals surface area contributed by atoms with E-state index in [0.29, 0.717) is 30.2 Å². The van der Waals surface area contributed by atoms with Gasteiger partial charge in [0.05, 0.1) is 30.2 Å². The highest BCUT2D eigenvalue weighted by Gasteiger charge is 2.28. The van der Waals surface area contributed by atoms with Crippen LogP contribution in [-0.2, 0) is 4.79 Å². The maximum atomic E-state index is 12.9. The number of nitrogens with zero attached hydrogens (tertiary/aromatic N) is 2. The van der Waals surface area contributed by atoms with Gasteiger partial charge in [0, 0.05) is 0 Å². The lowest BCUT2D eigenvalue weighted by Gasteiger charge is -2.13. The van der Waals surface area contributed by atoms with Gasteiger partial charge in [0.2, 0.25) is 0 Å². The molecule has 5 nitrogen and oxygen atoms in total. The van der Waals surface area contributed by atoms with E-state index in [1.165, 1.54) is 5.01 Å². The average molecular weight is 378 g/mol. The standard InChI is InChI=1S/C23H26N2O3/c1-4-6-14-28-21-13-12-18(16-22(21)27-5-2)15-20-17(3)24-25(23(20)26)19-10-8-7-9-11-19/h7-13,15-16H,4-6,14H2,1-3H3/b20-15-. The third kappa shape index (κ3) is 4.42. The Hall–Kier alpha value is -3.08. The topological polar surface area (TPSA) is 51.1 Å². The molecule has 0 atom stereocenters.